The summed E-state index contributed by atoms with van der Waals surface area (Å²) in [5, 5.41) is 2.90. The average Bonchev–Trinajstić information content (AvgIpc) is 2.27. The molecule has 1 rings (SSSR count). The van der Waals surface area contributed by atoms with Gasteiger partial charge < -0.3 is 10.2 Å². The Morgan fingerprint density at radius 2 is 2.00 bits per heavy atom. The quantitative estimate of drug-likeness (QED) is 0.751. The Kier molecular flexibility index (Phi) is 5.69. The van der Waals surface area contributed by atoms with Crippen molar-refractivity contribution in [2.75, 3.05) is 27.2 Å². The SMILES string of the molecule is CNCC(=O)N(C)CCC1CCCCC1. The molecular weight excluding hydrogens is 188 g/mol. The molecule has 88 valence electrons. The van der Waals surface area contributed by atoms with Gasteiger partial charge in [0.05, 0.1) is 6.54 Å². The van der Waals surface area contributed by atoms with E-state index in [-0.39, 0.29) is 5.91 Å². The number of hydrogen-bond acceptors (Lipinski definition) is 2. The van der Waals surface area contributed by atoms with Gasteiger partial charge in [-0.3, -0.25) is 4.79 Å². The van der Waals surface area contributed by atoms with Crippen LogP contribution >= 0.6 is 0 Å². The minimum absolute atomic E-state index is 0.202. The molecule has 0 aliphatic heterocycles. The number of likely N-dealkylation sites (N-methyl/N-ethyl adjacent to an activating group) is 2. The van der Waals surface area contributed by atoms with Crippen LogP contribution in [0.3, 0.4) is 0 Å². The third-order valence-electron chi connectivity index (χ3n) is 3.35. The van der Waals surface area contributed by atoms with E-state index in [2.05, 4.69) is 5.32 Å². The van der Waals surface area contributed by atoms with Gasteiger partial charge in [0.15, 0.2) is 0 Å². The van der Waals surface area contributed by atoms with Crippen molar-refractivity contribution >= 4 is 5.91 Å². The van der Waals surface area contributed by atoms with Crippen molar-refractivity contribution in [2.24, 2.45) is 5.92 Å². The molecule has 0 aromatic heterocycles. The largest absolute Gasteiger partial charge is 0.345 e. The van der Waals surface area contributed by atoms with Crippen LogP contribution in [0.2, 0.25) is 0 Å². The van der Waals surface area contributed by atoms with Crippen LogP contribution in [0, 0.1) is 5.92 Å². The van der Waals surface area contributed by atoms with E-state index in [4.69, 9.17) is 0 Å². The van der Waals surface area contributed by atoms with Crippen molar-refractivity contribution in [2.45, 2.75) is 38.5 Å². The lowest BCUT2D eigenvalue weighted by Crippen LogP contribution is -2.35. The van der Waals surface area contributed by atoms with Crippen LogP contribution in [0.25, 0.3) is 0 Å². The van der Waals surface area contributed by atoms with Crippen molar-refractivity contribution in [3.63, 3.8) is 0 Å². The fourth-order valence-electron chi connectivity index (χ4n) is 2.26. The summed E-state index contributed by atoms with van der Waals surface area (Å²) in [5.74, 6) is 1.07. The van der Waals surface area contributed by atoms with E-state index in [1.165, 1.54) is 38.5 Å². The molecule has 0 unspecified atom stereocenters. The normalized spacial score (nSPS) is 17.7. The first-order valence-corrected chi connectivity index (χ1v) is 6.12. The first-order valence-electron chi connectivity index (χ1n) is 6.12. The molecule has 15 heavy (non-hydrogen) atoms. The van der Waals surface area contributed by atoms with Gasteiger partial charge in [0.2, 0.25) is 5.91 Å². The first kappa shape index (κ1) is 12.5. The van der Waals surface area contributed by atoms with Crippen LogP contribution in [-0.4, -0.2) is 38.0 Å². The minimum Gasteiger partial charge on any atom is -0.345 e. The van der Waals surface area contributed by atoms with Crippen LogP contribution in [0.1, 0.15) is 38.5 Å². The molecule has 0 aromatic rings. The molecule has 0 radical (unpaired) electrons. The van der Waals surface area contributed by atoms with E-state index in [0.717, 1.165) is 12.5 Å². The maximum absolute atomic E-state index is 11.5. The summed E-state index contributed by atoms with van der Waals surface area (Å²) >= 11 is 0. The Morgan fingerprint density at radius 1 is 1.33 bits per heavy atom. The second-order valence-corrected chi connectivity index (χ2v) is 4.64. The van der Waals surface area contributed by atoms with Gasteiger partial charge >= 0.3 is 0 Å². The van der Waals surface area contributed by atoms with Gasteiger partial charge in [-0.05, 0) is 19.4 Å². The number of amides is 1. The Labute approximate surface area is 93.2 Å². The highest BCUT2D eigenvalue weighted by atomic mass is 16.2. The Balaban J connectivity index is 2.14. The molecule has 0 heterocycles. The van der Waals surface area contributed by atoms with E-state index >= 15 is 0 Å². The van der Waals surface area contributed by atoms with E-state index in [1.807, 2.05) is 19.0 Å². The number of carbonyl (C=O) groups excluding carboxylic acids is 1. The standard InChI is InChI=1S/C12H24N2O/c1-13-10-12(15)14(2)9-8-11-6-4-3-5-7-11/h11,13H,3-10H2,1-2H3. The fourth-order valence-corrected chi connectivity index (χ4v) is 2.26. The monoisotopic (exact) mass is 212 g/mol. The third-order valence-corrected chi connectivity index (χ3v) is 3.35. The Bertz CT molecular complexity index is 188. The molecular formula is C12H24N2O. The summed E-state index contributed by atoms with van der Waals surface area (Å²) in [4.78, 5) is 13.3. The highest BCUT2D eigenvalue weighted by Crippen LogP contribution is 2.26. The lowest BCUT2D eigenvalue weighted by molar-refractivity contribution is -0.129. The molecule has 1 amide bonds. The van der Waals surface area contributed by atoms with Crippen molar-refractivity contribution < 1.29 is 4.79 Å². The molecule has 1 N–H and O–H groups in total. The summed E-state index contributed by atoms with van der Waals surface area (Å²) < 4.78 is 0. The number of carbonyl (C=O) groups is 1. The first-order chi connectivity index (χ1) is 7.24. The molecule has 3 heteroatoms. The maximum Gasteiger partial charge on any atom is 0.236 e. The van der Waals surface area contributed by atoms with Crippen molar-refractivity contribution in [1.29, 1.82) is 0 Å². The molecule has 0 saturated heterocycles. The highest BCUT2D eigenvalue weighted by Gasteiger charge is 2.15. The van der Waals surface area contributed by atoms with Crippen LogP contribution in [0.15, 0.2) is 0 Å². The van der Waals surface area contributed by atoms with Crippen LogP contribution < -0.4 is 5.32 Å². The van der Waals surface area contributed by atoms with Gasteiger partial charge in [0.1, 0.15) is 0 Å². The molecule has 1 saturated carbocycles. The number of nitrogens with zero attached hydrogens (tertiary/aromatic N) is 1. The smallest absolute Gasteiger partial charge is 0.236 e. The molecule has 3 nitrogen and oxygen atoms in total. The lowest BCUT2D eigenvalue weighted by Gasteiger charge is -2.24. The van der Waals surface area contributed by atoms with Crippen LogP contribution in [-0.2, 0) is 4.79 Å². The number of nitrogens with one attached hydrogen (secondary N) is 1. The van der Waals surface area contributed by atoms with Crippen LogP contribution in [0.4, 0.5) is 0 Å². The second kappa shape index (κ2) is 6.83. The zero-order chi connectivity index (χ0) is 11.1. The second-order valence-electron chi connectivity index (χ2n) is 4.64. The third kappa shape index (κ3) is 4.65. The predicted molar refractivity (Wildman–Crippen MR) is 62.8 cm³/mol. The molecule has 0 aromatic carbocycles. The van der Waals surface area contributed by atoms with Crippen molar-refractivity contribution in [3.05, 3.63) is 0 Å². The number of hydrogen-bond donors (Lipinski definition) is 1. The summed E-state index contributed by atoms with van der Waals surface area (Å²) in [6.45, 7) is 1.38. The molecule has 1 aliphatic rings. The van der Waals surface area contributed by atoms with E-state index in [9.17, 15) is 4.79 Å². The Morgan fingerprint density at radius 3 is 2.60 bits per heavy atom. The molecule has 1 aliphatic carbocycles. The molecule has 0 atom stereocenters. The Hall–Kier alpha value is -0.570. The van der Waals surface area contributed by atoms with E-state index < -0.39 is 0 Å². The summed E-state index contributed by atoms with van der Waals surface area (Å²) in [6, 6.07) is 0. The van der Waals surface area contributed by atoms with Gasteiger partial charge in [-0.15, -0.1) is 0 Å². The predicted octanol–water partition coefficient (Wildman–Crippen LogP) is 1.63. The fraction of sp³-hybridized carbons (Fsp3) is 0.917. The van der Waals surface area contributed by atoms with Crippen molar-refractivity contribution in [1.82, 2.24) is 10.2 Å². The topological polar surface area (TPSA) is 32.3 Å². The summed E-state index contributed by atoms with van der Waals surface area (Å²) in [5.41, 5.74) is 0. The van der Waals surface area contributed by atoms with Gasteiger partial charge in [0, 0.05) is 13.6 Å². The van der Waals surface area contributed by atoms with Gasteiger partial charge in [-0.2, -0.15) is 0 Å². The minimum atomic E-state index is 0.202. The van der Waals surface area contributed by atoms with E-state index in [1.54, 1.807) is 0 Å². The van der Waals surface area contributed by atoms with E-state index in [0.29, 0.717) is 6.54 Å². The lowest BCUT2D eigenvalue weighted by atomic mass is 9.87. The van der Waals surface area contributed by atoms with Gasteiger partial charge in [0.25, 0.3) is 0 Å². The highest BCUT2D eigenvalue weighted by molar-refractivity contribution is 5.77. The van der Waals surface area contributed by atoms with Crippen molar-refractivity contribution in [3.8, 4) is 0 Å². The summed E-state index contributed by atoms with van der Waals surface area (Å²) in [7, 11) is 3.72. The number of rotatable bonds is 5. The molecule has 0 spiro atoms. The summed E-state index contributed by atoms with van der Waals surface area (Å²) in [6.07, 6.45) is 8.11. The van der Waals surface area contributed by atoms with Crippen LogP contribution in [0.5, 0.6) is 0 Å². The molecule has 0 bridgehead atoms. The maximum atomic E-state index is 11.5. The zero-order valence-corrected chi connectivity index (χ0v) is 10.1. The van der Waals surface area contributed by atoms with Gasteiger partial charge in [-0.1, -0.05) is 32.1 Å². The van der Waals surface area contributed by atoms with Gasteiger partial charge in [-0.25, -0.2) is 0 Å². The average molecular weight is 212 g/mol. The molecule has 1 fully saturated rings. The zero-order valence-electron chi connectivity index (χ0n) is 10.1.